The second kappa shape index (κ2) is 8.70. The van der Waals surface area contributed by atoms with E-state index in [4.69, 9.17) is 10.5 Å². The first-order valence-corrected chi connectivity index (χ1v) is 7.96. The number of likely N-dealkylation sites (tertiary alicyclic amines) is 1. The highest BCUT2D eigenvalue weighted by molar-refractivity contribution is 5.85. The quantitative estimate of drug-likeness (QED) is 0.792. The zero-order valence-corrected chi connectivity index (χ0v) is 14.2. The molecule has 128 valence electrons. The number of carbonyl (C=O) groups excluding carboxylic acids is 2. The van der Waals surface area contributed by atoms with Gasteiger partial charge in [-0.05, 0) is 25.7 Å². The lowest BCUT2D eigenvalue weighted by atomic mass is 10.0. The fourth-order valence-electron chi connectivity index (χ4n) is 2.93. The summed E-state index contributed by atoms with van der Waals surface area (Å²) in [7, 11) is 0. The largest absolute Gasteiger partial charge is 0.364 e. The summed E-state index contributed by atoms with van der Waals surface area (Å²) in [6, 6.07) is 0.0595. The maximum atomic E-state index is 12.5. The Kier molecular flexibility index (Phi) is 7.59. The van der Waals surface area contributed by atoms with Gasteiger partial charge in [0.1, 0.15) is 6.10 Å². The van der Waals surface area contributed by atoms with Crippen molar-refractivity contribution < 1.29 is 14.3 Å². The molecule has 0 aromatic rings. The molecule has 0 spiro atoms. The molecule has 3 atom stereocenters. The Balaban J connectivity index is 0.00000242. The van der Waals surface area contributed by atoms with E-state index in [0.717, 1.165) is 32.2 Å². The zero-order valence-electron chi connectivity index (χ0n) is 13.4. The van der Waals surface area contributed by atoms with Gasteiger partial charge in [-0.3, -0.25) is 9.59 Å². The minimum Gasteiger partial charge on any atom is -0.364 e. The number of halogens is 1. The lowest BCUT2D eigenvalue weighted by Crippen LogP contribution is -2.52. The molecule has 0 radical (unpaired) electrons. The number of nitrogens with one attached hydrogen (secondary N) is 1. The summed E-state index contributed by atoms with van der Waals surface area (Å²) in [5, 5.41) is 3.02. The van der Waals surface area contributed by atoms with E-state index in [1.54, 1.807) is 0 Å². The van der Waals surface area contributed by atoms with Gasteiger partial charge in [0.15, 0.2) is 0 Å². The molecule has 7 heteroatoms. The summed E-state index contributed by atoms with van der Waals surface area (Å²) < 4.78 is 5.68. The Morgan fingerprint density at radius 1 is 1.32 bits per heavy atom. The standard InChI is InChI=1S/C15H27N3O3.ClH/c1-10(2)14(19)17-11-4-3-7-18(9-11)15(20)13-6-5-12(8-16)21-13;/h10-13H,3-9,16H2,1-2H3,(H,17,19);1H/t11?,12-,13+;/m1./s1. The minimum absolute atomic E-state index is 0. The Hall–Kier alpha value is -0.850. The maximum absolute atomic E-state index is 12.5. The van der Waals surface area contributed by atoms with Gasteiger partial charge in [-0.25, -0.2) is 0 Å². The number of rotatable bonds is 4. The topological polar surface area (TPSA) is 84.7 Å². The van der Waals surface area contributed by atoms with Crippen LogP contribution in [0.2, 0.25) is 0 Å². The lowest BCUT2D eigenvalue weighted by molar-refractivity contribution is -0.144. The van der Waals surface area contributed by atoms with Crippen LogP contribution in [0.3, 0.4) is 0 Å². The summed E-state index contributed by atoms with van der Waals surface area (Å²) in [4.78, 5) is 26.1. The highest BCUT2D eigenvalue weighted by Gasteiger charge is 2.35. The third kappa shape index (κ3) is 4.83. The van der Waals surface area contributed by atoms with E-state index in [2.05, 4.69) is 5.32 Å². The summed E-state index contributed by atoms with van der Waals surface area (Å²) in [6.07, 6.45) is 3.12. The van der Waals surface area contributed by atoms with Gasteiger partial charge in [-0.1, -0.05) is 13.8 Å². The molecule has 1 unspecified atom stereocenters. The van der Waals surface area contributed by atoms with E-state index >= 15 is 0 Å². The summed E-state index contributed by atoms with van der Waals surface area (Å²) >= 11 is 0. The molecule has 6 nitrogen and oxygen atoms in total. The number of piperidine rings is 1. The van der Waals surface area contributed by atoms with E-state index in [1.807, 2.05) is 18.7 Å². The second-order valence-electron chi connectivity index (χ2n) is 6.35. The summed E-state index contributed by atoms with van der Waals surface area (Å²) in [5.41, 5.74) is 5.58. The average molecular weight is 334 g/mol. The molecule has 2 rings (SSSR count). The predicted molar refractivity (Wildman–Crippen MR) is 86.8 cm³/mol. The fourth-order valence-corrected chi connectivity index (χ4v) is 2.93. The Morgan fingerprint density at radius 3 is 2.64 bits per heavy atom. The summed E-state index contributed by atoms with van der Waals surface area (Å²) in [5.74, 6) is 0.0728. The van der Waals surface area contributed by atoms with E-state index in [9.17, 15) is 9.59 Å². The fraction of sp³-hybridized carbons (Fsp3) is 0.867. The molecule has 2 saturated heterocycles. The van der Waals surface area contributed by atoms with Gasteiger partial charge in [-0.15, -0.1) is 12.4 Å². The van der Waals surface area contributed by atoms with Crippen LogP contribution < -0.4 is 11.1 Å². The number of nitrogens with zero attached hydrogens (tertiary/aromatic N) is 1. The lowest BCUT2D eigenvalue weighted by Gasteiger charge is -2.34. The highest BCUT2D eigenvalue weighted by Crippen LogP contribution is 2.22. The van der Waals surface area contributed by atoms with Crippen LogP contribution in [0.1, 0.15) is 39.5 Å². The van der Waals surface area contributed by atoms with Gasteiger partial charge in [0.2, 0.25) is 5.91 Å². The van der Waals surface area contributed by atoms with Crippen LogP contribution in [-0.4, -0.2) is 54.6 Å². The highest BCUT2D eigenvalue weighted by atomic mass is 35.5. The van der Waals surface area contributed by atoms with Crippen molar-refractivity contribution >= 4 is 24.2 Å². The normalized spacial score (nSPS) is 28.4. The SMILES string of the molecule is CC(C)C(=O)NC1CCCN(C(=O)[C@@H]2CC[C@H](CN)O2)C1.Cl. The van der Waals surface area contributed by atoms with Gasteiger partial charge in [0, 0.05) is 31.6 Å². The first-order chi connectivity index (χ1) is 10.0. The van der Waals surface area contributed by atoms with Crippen molar-refractivity contribution in [1.29, 1.82) is 0 Å². The molecule has 3 N–H and O–H groups in total. The first kappa shape index (κ1) is 19.2. The number of amides is 2. The molecule has 0 aliphatic carbocycles. The molecule has 22 heavy (non-hydrogen) atoms. The van der Waals surface area contributed by atoms with Crippen LogP contribution in [0.15, 0.2) is 0 Å². The van der Waals surface area contributed by atoms with Gasteiger partial charge < -0.3 is 20.7 Å². The van der Waals surface area contributed by atoms with Crippen molar-refractivity contribution in [3.8, 4) is 0 Å². The smallest absolute Gasteiger partial charge is 0.251 e. The van der Waals surface area contributed by atoms with Crippen molar-refractivity contribution in [2.24, 2.45) is 11.7 Å². The van der Waals surface area contributed by atoms with Gasteiger partial charge in [0.25, 0.3) is 5.91 Å². The van der Waals surface area contributed by atoms with Crippen LogP contribution in [-0.2, 0) is 14.3 Å². The molecule has 2 aliphatic heterocycles. The Bertz CT molecular complexity index is 392. The third-order valence-corrected chi connectivity index (χ3v) is 4.25. The van der Waals surface area contributed by atoms with Crippen molar-refractivity contribution in [2.45, 2.75) is 57.8 Å². The van der Waals surface area contributed by atoms with E-state index in [0.29, 0.717) is 13.1 Å². The number of hydrogen-bond acceptors (Lipinski definition) is 4. The van der Waals surface area contributed by atoms with E-state index < -0.39 is 0 Å². The molecule has 2 amide bonds. The van der Waals surface area contributed by atoms with Gasteiger partial charge in [0.05, 0.1) is 6.10 Å². The van der Waals surface area contributed by atoms with Crippen LogP contribution in [0, 0.1) is 5.92 Å². The second-order valence-corrected chi connectivity index (χ2v) is 6.35. The molecular weight excluding hydrogens is 306 g/mol. The Labute approximate surface area is 138 Å². The predicted octanol–water partition coefficient (Wildman–Crippen LogP) is 0.678. The zero-order chi connectivity index (χ0) is 15.4. The van der Waals surface area contributed by atoms with Crippen molar-refractivity contribution in [3.05, 3.63) is 0 Å². The number of nitrogens with two attached hydrogens (primary N) is 1. The monoisotopic (exact) mass is 333 g/mol. The molecule has 0 bridgehead atoms. The van der Waals surface area contributed by atoms with Gasteiger partial charge in [-0.2, -0.15) is 0 Å². The number of hydrogen-bond donors (Lipinski definition) is 2. The first-order valence-electron chi connectivity index (χ1n) is 7.96. The molecule has 0 saturated carbocycles. The minimum atomic E-state index is -0.349. The van der Waals surface area contributed by atoms with Crippen LogP contribution in [0.5, 0.6) is 0 Å². The third-order valence-electron chi connectivity index (χ3n) is 4.25. The molecule has 2 aliphatic rings. The van der Waals surface area contributed by atoms with Crippen molar-refractivity contribution in [1.82, 2.24) is 10.2 Å². The molecule has 0 aromatic carbocycles. The number of carbonyl (C=O) groups is 2. The van der Waals surface area contributed by atoms with Crippen LogP contribution in [0.4, 0.5) is 0 Å². The van der Waals surface area contributed by atoms with E-state index in [1.165, 1.54) is 0 Å². The maximum Gasteiger partial charge on any atom is 0.251 e. The summed E-state index contributed by atoms with van der Waals surface area (Å²) in [6.45, 7) is 5.56. The molecule has 2 fully saturated rings. The van der Waals surface area contributed by atoms with Crippen LogP contribution >= 0.6 is 12.4 Å². The molecular formula is C15H28ClN3O3. The number of ether oxygens (including phenoxy) is 1. The van der Waals surface area contributed by atoms with E-state index in [-0.39, 0.29) is 48.4 Å². The van der Waals surface area contributed by atoms with Crippen LogP contribution in [0.25, 0.3) is 0 Å². The van der Waals surface area contributed by atoms with Gasteiger partial charge >= 0.3 is 0 Å². The average Bonchev–Trinajstić information content (AvgIpc) is 2.95. The molecule has 0 aromatic heterocycles. The Morgan fingerprint density at radius 2 is 2.05 bits per heavy atom. The van der Waals surface area contributed by atoms with Crippen molar-refractivity contribution in [3.63, 3.8) is 0 Å². The van der Waals surface area contributed by atoms with Crippen molar-refractivity contribution in [2.75, 3.05) is 19.6 Å². The molecule has 2 heterocycles.